The van der Waals surface area contributed by atoms with E-state index in [1.807, 2.05) is 48.5 Å². The molecule has 19 heavy (non-hydrogen) atoms. The van der Waals surface area contributed by atoms with Gasteiger partial charge in [-0.15, -0.1) is 0 Å². The van der Waals surface area contributed by atoms with Gasteiger partial charge in [-0.3, -0.25) is 0 Å². The molecule has 0 amide bonds. The highest BCUT2D eigenvalue weighted by Crippen LogP contribution is 2.27. The Morgan fingerprint density at radius 2 is 1.53 bits per heavy atom. The van der Waals surface area contributed by atoms with Gasteiger partial charge < -0.3 is 11.1 Å². The van der Waals surface area contributed by atoms with Gasteiger partial charge >= 0.3 is 0 Å². The van der Waals surface area contributed by atoms with Crippen LogP contribution in [-0.2, 0) is 0 Å². The number of hydrogen-bond acceptors (Lipinski definition) is 4. The summed E-state index contributed by atoms with van der Waals surface area (Å²) in [6, 6.07) is 15.4. The summed E-state index contributed by atoms with van der Waals surface area (Å²) >= 11 is 3.48. The Bertz CT molecular complexity index is 742. The highest BCUT2D eigenvalue weighted by molar-refractivity contribution is 9.10. The summed E-state index contributed by atoms with van der Waals surface area (Å²) in [5.74, 6) is 0.944. The third kappa shape index (κ3) is 2.37. The van der Waals surface area contributed by atoms with Gasteiger partial charge in [-0.2, -0.15) is 0 Å². The number of nitrogens with two attached hydrogens (primary N) is 1. The van der Waals surface area contributed by atoms with Crippen molar-refractivity contribution in [3.05, 3.63) is 53.0 Å². The molecule has 0 radical (unpaired) electrons. The molecule has 0 fully saturated rings. The Morgan fingerprint density at radius 3 is 2.26 bits per heavy atom. The van der Waals surface area contributed by atoms with Crippen LogP contribution in [0, 0.1) is 0 Å². The minimum atomic E-state index is 0.384. The van der Waals surface area contributed by atoms with E-state index in [-0.39, 0.29) is 0 Å². The van der Waals surface area contributed by atoms with Crippen LogP contribution >= 0.6 is 15.9 Å². The topological polar surface area (TPSA) is 63.8 Å². The van der Waals surface area contributed by atoms with Crippen molar-refractivity contribution >= 4 is 44.3 Å². The van der Waals surface area contributed by atoms with Crippen molar-refractivity contribution in [2.24, 2.45) is 0 Å². The molecule has 0 atom stereocenters. The molecule has 0 bridgehead atoms. The number of aromatic nitrogens is 2. The minimum absolute atomic E-state index is 0.384. The van der Waals surface area contributed by atoms with Gasteiger partial charge in [0.2, 0.25) is 0 Å². The smallest absolute Gasteiger partial charge is 0.174 e. The number of anilines is 3. The molecule has 0 spiro atoms. The molecule has 3 aromatic rings. The molecule has 0 aliphatic rings. The zero-order valence-electron chi connectivity index (χ0n) is 9.97. The van der Waals surface area contributed by atoms with Gasteiger partial charge in [-0.1, -0.05) is 24.3 Å². The lowest BCUT2D eigenvalue weighted by Gasteiger charge is -2.10. The summed E-state index contributed by atoms with van der Waals surface area (Å²) in [4.78, 5) is 8.83. The molecule has 0 aliphatic heterocycles. The van der Waals surface area contributed by atoms with E-state index in [2.05, 4.69) is 31.2 Å². The Morgan fingerprint density at radius 1 is 0.895 bits per heavy atom. The first-order valence-electron chi connectivity index (χ1n) is 5.78. The fourth-order valence-electron chi connectivity index (χ4n) is 1.80. The van der Waals surface area contributed by atoms with Gasteiger partial charge in [0, 0.05) is 4.47 Å². The molecule has 3 rings (SSSR count). The van der Waals surface area contributed by atoms with E-state index in [1.165, 1.54) is 0 Å². The second-order valence-corrected chi connectivity index (χ2v) is 4.91. The summed E-state index contributed by atoms with van der Waals surface area (Å²) in [7, 11) is 0. The SMILES string of the molecule is Nc1nc2ccccc2nc1Nc1ccccc1Br. The summed E-state index contributed by atoms with van der Waals surface area (Å²) in [5, 5.41) is 3.19. The molecular weight excluding hydrogens is 304 g/mol. The molecule has 94 valence electrons. The minimum Gasteiger partial charge on any atom is -0.381 e. The van der Waals surface area contributed by atoms with Crippen LogP contribution in [-0.4, -0.2) is 9.97 Å². The van der Waals surface area contributed by atoms with Gasteiger partial charge in [0.05, 0.1) is 16.7 Å². The zero-order valence-corrected chi connectivity index (χ0v) is 11.6. The Kier molecular flexibility index (Phi) is 3.05. The maximum atomic E-state index is 5.93. The van der Waals surface area contributed by atoms with E-state index in [0.717, 1.165) is 21.2 Å². The number of nitrogen functional groups attached to an aromatic ring is 1. The molecule has 0 aliphatic carbocycles. The quantitative estimate of drug-likeness (QED) is 0.756. The molecule has 1 aromatic heterocycles. The molecule has 5 heteroatoms. The first-order valence-corrected chi connectivity index (χ1v) is 6.57. The highest BCUT2D eigenvalue weighted by atomic mass is 79.9. The van der Waals surface area contributed by atoms with Crippen molar-refractivity contribution in [1.29, 1.82) is 0 Å². The second-order valence-electron chi connectivity index (χ2n) is 4.05. The first kappa shape index (κ1) is 11.9. The van der Waals surface area contributed by atoms with Crippen LogP contribution in [0.3, 0.4) is 0 Å². The monoisotopic (exact) mass is 314 g/mol. The fourth-order valence-corrected chi connectivity index (χ4v) is 2.18. The van der Waals surface area contributed by atoms with Crippen molar-refractivity contribution < 1.29 is 0 Å². The number of nitrogens with zero attached hydrogens (tertiary/aromatic N) is 2. The number of para-hydroxylation sites is 3. The second kappa shape index (κ2) is 4.85. The summed E-state index contributed by atoms with van der Waals surface area (Å²) in [6.45, 7) is 0. The molecule has 1 heterocycles. The lowest BCUT2D eigenvalue weighted by atomic mass is 10.3. The van der Waals surface area contributed by atoms with Crippen molar-refractivity contribution in [2.45, 2.75) is 0 Å². The Balaban J connectivity index is 2.06. The predicted octanol–water partition coefficient (Wildman–Crippen LogP) is 3.72. The van der Waals surface area contributed by atoms with Crippen molar-refractivity contribution in [3.63, 3.8) is 0 Å². The maximum Gasteiger partial charge on any atom is 0.174 e. The van der Waals surface area contributed by atoms with Crippen LogP contribution in [0.4, 0.5) is 17.3 Å². The summed E-state index contributed by atoms with van der Waals surface area (Å²) < 4.78 is 0.948. The molecular formula is C14H11BrN4. The van der Waals surface area contributed by atoms with Gasteiger partial charge in [0.15, 0.2) is 11.6 Å². The van der Waals surface area contributed by atoms with E-state index in [9.17, 15) is 0 Å². The normalized spacial score (nSPS) is 10.6. The lowest BCUT2D eigenvalue weighted by Crippen LogP contribution is -2.02. The number of benzene rings is 2. The molecule has 3 N–H and O–H groups in total. The van der Waals surface area contributed by atoms with Gasteiger partial charge in [0.1, 0.15) is 0 Å². The molecule has 0 saturated carbocycles. The summed E-state index contributed by atoms with van der Waals surface area (Å²) in [6.07, 6.45) is 0. The highest BCUT2D eigenvalue weighted by Gasteiger charge is 2.07. The van der Waals surface area contributed by atoms with Crippen LogP contribution < -0.4 is 11.1 Å². The number of fused-ring (bicyclic) bond motifs is 1. The van der Waals surface area contributed by atoms with E-state index < -0.39 is 0 Å². The predicted molar refractivity (Wildman–Crippen MR) is 81.4 cm³/mol. The standard InChI is InChI=1S/C14H11BrN4/c15-9-5-1-2-6-10(9)18-14-13(16)17-11-7-3-4-8-12(11)19-14/h1-8H,(H2,16,17)(H,18,19). The third-order valence-electron chi connectivity index (χ3n) is 2.72. The molecule has 4 nitrogen and oxygen atoms in total. The number of halogens is 1. The average molecular weight is 315 g/mol. The van der Waals surface area contributed by atoms with Crippen molar-refractivity contribution in [1.82, 2.24) is 9.97 Å². The van der Waals surface area contributed by atoms with Gasteiger partial charge in [0.25, 0.3) is 0 Å². The van der Waals surface area contributed by atoms with Crippen LogP contribution in [0.25, 0.3) is 11.0 Å². The van der Waals surface area contributed by atoms with E-state index in [1.54, 1.807) is 0 Å². The first-order chi connectivity index (χ1) is 9.24. The summed E-state index contributed by atoms with van der Waals surface area (Å²) in [5.41, 5.74) is 8.44. The number of rotatable bonds is 2. The number of hydrogen-bond donors (Lipinski definition) is 2. The van der Waals surface area contributed by atoms with Gasteiger partial charge in [-0.25, -0.2) is 9.97 Å². The van der Waals surface area contributed by atoms with Crippen LogP contribution in [0.2, 0.25) is 0 Å². The van der Waals surface area contributed by atoms with Crippen molar-refractivity contribution in [2.75, 3.05) is 11.1 Å². The third-order valence-corrected chi connectivity index (χ3v) is 3.42. The number of nitrogens with one attached hydrogen (secondary N) is 1. The molecule has 0 saturated heterocycles. The van der Waals surface area contributed by atoms with Crippen LogP contribution in [0.15, 0.2) is 53.0 Å². The average Bonchev–Trinajstić information content (AvgIpc) is 2.42. The maximum absolute atomic E-state index is 5.93. The van der Waals surface area contributed by atoms with Crippen LogP contribution in [0.1, 0.15) is 0 Å². The fraction of sp³-hybridized carbons (Fsp3) is 0. The Labute approximate surface area is 118 Å². The Hall–Kier alpha value is -2.14. The van der Waals surface area contributed by atoms with E-state index >= 15 is 0 Å². The van der Waals surface area contributed by atoms with Crippen LogP contribution in [0.5, 0.6) is 0 Å². The van der Waals surface area contributed by atoms with E-state index in [0.29, 0.717) is 11.6 Å². The largest absolute Gasteiger partial charge is 0.381 e. The molecule has 2 aromatic carbocycles. The lowest BCUT2D eigenvalue weighted by molar-refractivity contribution is 1.28. The van der Waals surface area contributed by atoms with Gasteiger partial charge in [-0.05, 0) is 40.2 Å². The van der Waals surface area contributed by atoms with E-state index in [4.69, 9.17) is 5.73 Å². The zero-order chi connectivity index (χ0) is 13.2. The van der Waals surface area contributed by atoms with Crippen molar-refractivity contribution in [3.8, 4) is 0 Å². The molecule has 0 unspecified atom stereocenters.